The number of carboxylic acids is 1. The van der Waals surface area contributed by atoms with Gasteiger partial charge in [0.25, 0.3) is 0 Å². The van der Waals surface area contributed by atoms with Crippen LogP contribution in [0.2, 0.25) is 0 Å². The van der Waals surface area contributed by atoms with Gasteiger partial charge in [-0.3, -0.25) is 4.79 Å². The van der Waals surface area contributed by atoms with Gasteiger partial charge in [0, 0.05) is 13.2 Å². The molecule has 0 aliphatic carbocycles. The summed E-state index contributed by atoms with van der Waals surface area (Å²) in [7, 11) is 0. The fourth-order valence-electron chi connectivity index (χ4n) is 2.28. The van der Waals surface area contributed by atoms with E-state index >= 15 is 0 Å². The van der Waals surface area contributed by atoms with Crippen molar-refractivity contribution >= 4 is 5.97 Å². The lowest BCUT2D eigenvalue weighted by molar-refractivity contribution is -0.154. The molecule has 1 heterocycles. The number of carboxylic acid groups (broad SMARTS) is 1. The number of hydrogen-bond acceptors (Lipinski definition) is 2. The lowest BCUT2D eigenvalue weighted by Crippen LogP contribution is -2.39. The van der Waals surface area contributed by atoms with Gasteiger partial charge in [-0.1, -0.05) is 12.1 Å². The highest BCUT2D eigenvalue weighted by Gasteiger charge is 2.40. The molecule has 98 valence electrons. The van der Waals surface area contributed by atoms with Crippen LogP contribution in [0.4, 0.5) is 8.78 Å². The molecule has 1 aromatic rings. The van der Waals surface area contributed by atoms with Crippen LogP contribution in [-0.4, -0.2) is 24.3 Å². The van der Waals surface area contributed by atoms with Gasteiger partial charge in [-0.25, -0.2) is 8.78 Å². The first-order valence-electron chi connectivity index (χ1n) is 5.79. The molecule has 0 radical (unpaired) electrons. The van der Waals surface area contributed by atoms with Crippen LogP contribution in [-0.2, 0) is 16.0 Å². The fourth-order valence-corrected chi connectivity index (χ4v) is 2.28. The molecule has 1 aromatic carbocycles. The molecule has 0 atom stereocenters. The number of hydrogen-bond donors (Lipinski definition) is 1. The maximum atomic E-state index is 13.6. The monoisotopic (exact) mass is 256 g/mol. The molecule has 3 nitrogen and oxygen atoms in total. The number of benzene rings is 1. The number of aliphatic carboxylic acids is 1. The second kappa shape index (κ2) is 5.02. The summed E-state index contributed by atoms with van der Waals surface area (Å²) in [6, 6.07) is 3.84. The molecule has 0 spiro atoms. The molecule has 2 rings (SSSR count). The standard InChI is InChI=1S/C13H14F2O3/c14-10-3-1-2-9(11(10)15)8-13(12(16)17)4-6-18-7-5-13/h1-3H,4-8H2,(H,16,17). The minimum atomic E-state index is -1.05. The zero-order chi connectivity index (χ0) is 13.2. The number of halogens is 2. The Morgan fingerprint density at radius 2 is 2.00 bits per heavy atom. The number of carbonyl (C=O) groups is 1. The summed E-state index contributed by atoms with van der Waals surface area (Å²) < 4.78 is 31.8. The summed E-state index contributed by atoms with van der Waals surface area (Å²) in [6.45, 7) is 0.673. The summed E-state index contributed by atoms with van der Waals surface area (Å²) in [5, 5.41) is 9.34. The van der Waals surface area contributed by atoms with E-state index in [0.717, 1.165) is 6.07 Å². The molecule has 0 amide bonds. The van der Waals surface area contributed by atoms with Crippen LogP contribution in [0.15, 0.2) is 18.2 Å². The zero-order valence-electron chi connectivity index (χ0n) is 9.79. The Hall–Kier alpha value is -1.49. The highest BCUT2D eigenvalue weighted by Crippen LogP contribution is 2.35. The Labute approximate surface area is 103 Å². The summed E-state index contributed by atoms with van der Waals surface area (Å²) in [5.41, 5.74) is -0.938. The van der Waals surface area contributed by atoms with E-state index in [1.807, 2.05) is 0 Å². The van der Waals surface area contributed by atoms with E-state index in [0.29, 0.717) is 26.1 Å². The topological polar surface area (TPSA) is 46.5 Å². The van der Waals surface area contributed by atoms with E-state index in [1.165, 1.54) is 12.1 Å². The Bertz CT molecular complexity index is 454. The molecule has 0 saturated carbocycles. The maximum Gasteiger partial charge on any atom is 0.310 e. The van der Waals surface area contributed by atoms with Gasteiger partial charge in [0.15, 0.2) is 11.6 Å². The molecule has 5 heteroatoms. The maximum absolute atomic E-state index is 13.6. The van der Waals surface area contributed by atoms with E-state index in [9.17, 15) is 18.7 Å². The first-order chi connectivity index (χ1) is 8.55. The van der Waals surface area contributed by atoms with Crippen LogP contribution in [0.5, 0.6) is 0 Å². The van der Waals surface area contributed by atoms with E-state index in [-0.39, 0.29) is 12.0 Å². The first kappa shape index (κ1) is 13.0. The van der Waals surface area contributed by atoms with Crippen molar-refractivity contribution in [2.75, 3.05) is 13.2 Å². The SMILES string of the molecule is O=C(O)C1(Cc2cccc(F)c2F)CCOCC1. The van der Waals surface area contributed by atoms with E-state index in [2.05, 4.69) is 0 Å². The third kappa shape index (κ3) is 2.36. The summed E-state index contributed by atoms with van der Waals surface area (Å²) >= 11 is 0. The summed E-state index contributed by atoms with van der Waals surface area (Å²) in [4.78, 5) is 11.4. The Balaban J connectivity index is 2.29. The van der Waals surface area contributed by atoms with Gasteiger partial charge in [0.05, 0.1) is 5.41 Å². The molecule has 1 N–H and O–H groups in total. The van der Waals surface area contributed by atoms with E-state index in [1.54, 1.807) is 0 Å². The predicted octanol–water partition coefficient (Wildman–Crippen LogP) is 2.39. The van der Waals surface area contributed by atoms with Gasteiger partial charge in [-0.05, 0) is 30.9 Å². The van der Waals surface area contributed by atoms with Crippen LogP contribution in [0.1, 0.15) is 18.4 Å². The van der Waals surface area contributed by atoms with Crippen molar-refractivity contribution in [3.05, 3.63) is 35.4 Å². The highest BCUT2D eigenvalue weighted by atomic mass is 19.2. The average Bonchev–Trinajstić information content (AvgIpc) is 2.36. The smallest absolute Gasteiger partial charge is 0.310 e. The molecule has 0 bridgehead atoms. The first-order valence-corrected chi connectivity index (χ1v) is 5.79. The molecular formula is C13H14F2O3. The summed E-state index contributed by atoms with van der Waals surface area (Å²) in [5.74, 6) is -2.88. The van der Waals surface area contributed by atoms with E-state index in [4.69, 9.17) is 4.74 Å². The van der Waals surface area contributed by atoms with Crippen molar-refractivity contribution in [1.82, 2.24) is 0 Å². The van der Waals surface area contributed by atoms with Gasteiger partial charge < -0.3 is 9.84 Å². The van der Waals surface area contributed by atoms with Crippen LogP contribution < -0.4 is 0 Å². The molecule has 1 fully saturated rings. The second-order valence-electron chi connectivity index (χ2n) is 4.59. The minimum absolute atomic E-state index is 0.00468. The Morgan fingerprint density at radius 3 is 2.61 bits per heavy atom. The van der Waals surface area contributed by atoms with Crippen molar-refractivity contribution in [2.24, 2.45) is 5.41 Å². The Kier molecular flexibility index (Phi) is 3.61. The van der Waals surface area contributed by atoms with Crippen molar-refractivity contribution in [1.29, 1.82) is 0 Å². The van der Waals surface area contributed by atoms with Crippen LogP contribution in [0, 0.1) is 17.0 Å². The largest absolute Gasteiger partial charge is 0.481 e. The minimum Gasteiger partial charge on any atom is -0.481 e. The number of rotatable bonds is 3. The lowest BCUT2D eigenvalue weighted by Gasteiger charge is -2.33. The van der Waals surface area contributed by atoms with E-state index < -0.39 is 23.0 Å². The third-order valence-corrected chi connectivity index (χ3v) is 3.46. The molecular weight excluding hydrogens is 242 g/mol. The summed E-state index contributed by atoms with van der Waals surface area (Å²) in [6.07, 6.45) is 0.631. The molecule has 18 heavy (non-hydrogen) atoms. The van der Waals surface area contributed by atoms with Crippen LogP contribution in [0.25, 0.3) is 0 Å². The van der Waals surface area contributed by atoms with Crippen molar-refractivity contribution in [2.45, 2.75) is 19.3 Å². The predicted molar refractivity (Wildman–Crippen MR) is 60.2 cm³/mol. The highest BCUT2D eigenvalue weighted by molar-refractivity contribution is 5.75. The van der Waals surface area contributed by atoms with Gasteiger partial charge in [0.1, 0.15) is 0 Å². The lowest BCUT2D eigenvalue weighted by atomic mass is 9.75. The quantitative estimate of drug-likeness (QED) is 0.903. The van der Waals surface area contributed by atoms with Crippen molar-refractivity contribution in [3.8, 4) is 0 Å². The average molecular weight is 256 g/mol. The van der Waals surface area contributed by atoms with Crippen LogP contribution in [0.3, 0.4) is 0 Å². The van der Waals surface area contributed by atoms with Gasteiger partial charge in [-0.15, -0.1) is 0 Å². The van der Waals surface area contributed by atoms with Gasteiger partial charge in [-0.2, -0.15) is 0 Å². The molecule has 1 saturated heterocycles. The van der Waals surface area contributed by atoms with Crippen molar-refractivity contribution in [3.63, 3.8) is 0 Å². The number of ether oxygens (including phenoxy) is 1. The molecule has 1 aliphatic heterocycles. The van der Waals surface area contributed by atoms with Gasteiger partial charge >= 0.3 is 5.97 Å². The second-order valence-corrected chi connectivity index (χ2v) is 4.59. The van der Waals surface area contributed by atoms with Crippen LogP contribution >= 0.6 is 0 Å². The fraction of sp³-hybridized carbons (Fsp3) is 0.462. The van der Waals surface area contributed by atoms with Crippen molar-refractivity contribution < 1.29 is 23.4 Å². The third-order valence-electron chi connectivity index (χ3n) is 3.46. The Morgan fingerprint density at radius 1 is 1.33 bits per heavy atom. The molecule has 1 aliphatic rings. The molecule has 0 aromatic heterocycles. The van der Waals surface area contributed by atoms with Gasteiger partial charge in [0.2, 0.25) is 0 Å². The molecule has 0 unspecified atom stereocenters. The zero-order valence-corrected chi connectivity index (χ0v) is 9.79. The normalized spacial score (nSPS) is 18.6.